The van der Waals surface area contributed by atoms with E-state index in [2.05, 4.69) is 44.9 Å². The summed E-state index contributed by atoms with van der Waals surface area (Å²) in [5, 5.41) is 17.2. The van der Waals surface area contributed by atoms with Crippen LogP contribution in [0.4, 0.5) is 0 Å². The van der Waals surface area contributed by atoms with Gasteiger partial charge in [0, 0.05) is 5.25 Å². The van der Waals surface area contributed by atoms with Crippen LogP contribution in [0.1, 0.15) is 29.2 Å². The van der Waals surface area contributed by atoms with Crippen molar-refractivity contribution < 1.29 is 0 Å². The summed E-state index contributed by atoms with van der Waals surface area (Å²) >= 11 is 1.80. The zero-order valence-electron chi connectivity index (χ0n) is 10.8. The SMILES string of the molecule is c1ccc2c(c1)CCC[C@H]2Sc1ccc2nnnn2n1. The largest absolute Gasteiger partial charge is 0.200 e. The summed E-state index contributed by atoms with van der Waals surface area (Å²) < 4.78 is 1.48. The van der Waals surface area contributed by atoms with Gasteiger partial charge in [-0.2, -0.15) is 0 Å². The van der Waals surface area contributed by atoms with Crippen LogP contribution in [0.25, 0.3) is 5.65 Å². The van der Waals surface area contributed by atoms with E-state index in [0.29, 0.717) is 10.9 Å². The second-order valence-corrected chi connectivity index (χ2v) is 6.12. The molecule has 0 N–H and O–H groups in total. The number of rotatable bonds is 2. The molecule has 1 aliphatic carbocycles. The van der Waals surface area contributed by atoms with Crippen molar-refractivity contribution in [1.29, 1.82) is 0 Å². The molecule has 0 unspecified atom stereocenters. The monoisotopic (exact) mass is 283 g/mol. The summed E-state index contributed by atoms with van der Waals surface area (Å²) in [6.45, 7) is 0. The molecule has 0 spiro atoms. The lowest BCUT2D eigenvalue weighted by molar-refractivity contribution is 0.667. The fourth-order valence-electron chi connectivity index (χ4n) is 2.67. The molecule has 4 rings (SSSR count). The lowest BCUT2D eigenvalue weighted by Gasteiger charge is -2.24. The van der Waals surface area contributed by atoms with E-state index in [1.165, 1.54) is 35.0 Å². The smallest absolute Gasteiger partial charge is 0.140 e. The minimum atomic E-state index is 0.474. The summed E-state index contributed by atoms with van der Waals surface area (Å²) in [4.78, 5) is 0. The predicted molar refractivity (Wildman–Crippen MR) is 76.6 cm³/mol. The molecule has 5 nitrogen and oxygen atoms in total. The zero-order chi connectivity index (χ0) is 13.4. The maximum atomic E-state index is 4.45. The highest BCUT2D eigenvalue weighted by Crippen LogP contribution is 2.42. The molecule has 0 saturated carbocycles. The van der Waals surface area contributed by atoms with Gasteiger partial charge < -0.3 is 0 Å². The first-order valence-corrected chi connectivity index (χ1v) is 7.58. The van der Waals surface area contributed by atoms with Crippen LogP contribution in [0.5, 0.6) is 0 Å². The van der Waals surface area contributed by atoms with E-state index in [9.17, 15) is 0 Å². The lowest BCUT2D eigenvalue weighted by Crippen LogP contribution is -2.07. The molecule has 0 amide bonds. The Bertz CT molecular complexity index is 754. The summed E-state index contributed by atoms with van der Waals surface area (Å²) in [6.07, 6.45) is 3.62. The molecule has 6 heteroatoms. The Morgan fingerprint density at radius 1 is 1.15 bits per heavy atom. The quantitative estimate of drug-likeness (QED) is 0.723. The van der Waals surface area contributed by atoms with Crippen LogP contribution >= 0.6 is 11.8 Å². The van der Waals surface area contributed by atoms with E-state index >= 15 is 0 Å². The second kappa shape index (κ2) is 4.86. The molecule has 2 heterocycles. The van der Waals surface area contributed by atoms with Crippen molar-refractivity contribution in [1.82, 2.24) is 25.3 Å². The third-order valence-corrected chi connectivity index (χ3v) is 4.86. The first-order valence-electron chi connectivity index (χ1n) is 6.70. The normalized spacial score (nSPS) is 18.1. The Balaban J connectivity index is 1.66. The Morgan fingerprint density at radius 2 is 2.10 bits per heavy atom. The van der Waals surface area contributed by atoms with Crippen LogP contribution < -0.4 is 0 Å². The molecule has 1 aromatic carbocycles. The molecule has 0 fully saturated rings. The van der Waals surface area contributed by atoms with E-state index < -0.39 is 0 Å². The van der Waals surface area contributed by atoms with E-state index in [1.807, 2.05) is 12.1 Å². The number of tetrazole rings is 1. The molecule has 20 heavy (non-hydrogen) atoms. The topological polar surface area (TPSA) is 56.0 Å². The van der Waals surface area contributed by atoms with Crippen LogP contribution in [0.15, 0.2) is 41.4 Å². The summed E-state index contributed by atoms with van der Waals surface area (Å²) in [5.41, 5.74) is 3.60. The molecule has 3 aromatic rings. The van der Waals surface area contributed by atoms with Gasteiger partial charge in [0.05, 0.1) is 0 Å². The van der Waals surface area contributed by atoms with E-state index in [1.54, 1.807) is 11.8 Å². The Kier molecular flexibility index (Phi) is 2.88. The van der Waals surface area contributed by atoms with Crippen LogP contribution in [-0.2, 0) is 6.42 Å². The highest BCUT2D eigenvalue weighted by atomic mass is 32.2. The number of thioether (sulfide) groups is 1. The van der Waals surface area contributed by atoms with Crippen molar-refractivity contribution in [2.75, 3.05) is 0 Å². The average molecular weight is 283 g/mol. The molecule has 2 aromatic heterocycles. The molecule has 100 valence electrons. The van der Waals surface area contributed by atoms with Gasteiger partial charge in [-0.1, -0.05) is 36.0 Å². The number of hydrogen-bond acceptors (Lipinski definition) is 5. The van der Waals surface area contributed by atoms with Crippen molar-refractivity contribution in [2.24, 2.45) is 0 Å². The highest BCUT2D eigenvalue weighted by Gasteiger charge is 2.21. The van der Waals surface area contributed by atoms with Gasteiger partial charge in [0.25, 0.3) is 0 Å². The first kappa shape index (κ1) is 11.8. The maximum Gasteiger partial charge on any atom is 0.200 e. The lowest BCUT2D eigenvalue weighted by atomic mass is 9.91. The standard InChI is InChI=1S/C14H13N5S/c1-2-6-11-10(4-1)5-3-7-12(11)20-14-9-8-13-15-17-18-19(13)16-14/h1-2,4,6,8-9,12H,3,5,7H2/t12-/m1/s1. The predicted octanol–water partition coefficient (Wildman–Crippen LogP) is 2.69. The van der Waals surface area contributed by atoms with Gasteiger partial charge in [-0.3, -0.25) is 0 Å². The minimum Gasteiger partial charge on any atom is -0.140 e. The first-order chi connectivity index (χ1) is 9.90. The third-order valence-electron chi connectivity index (χ3n) is 3.62. The molecule has 1 atom stereocenters. The van der Waals surface area contributed by atoms with Crippen LogP contribution in [0.3, 0.4) is 0 Å². The maximum absolute atomic E-state index is 4.45. The van der Waals surface area contributed by atoms with Crippen LogP contribution in [-0.4, -0.2) is 25.3 Å². The summed E-state index contributed by atoms with van der Waals surface area (Å²) in [6, 6.07) is 12.6. The average Bonchev–Trinajstić information content (AvgIpc) is 2.95. The van der Waals surface area contributed by atoms with Gasteiger partial charge in [-0.15, -0.1) is 14.8 Å². The van der Waals surface area contributed by atoms with Gasteiger partial charge >= 0.3 is 0 Å². The van der Waals surface area contributed by atoms with Gasteiger partial charge in [0.2, 0.25) is 0 Å². The van der Waals surface area contributed by atoms with Crippen molar-refractivity contribution in [3.05, 3.63) is 47.5 Å². The van der Waals surface area contributed by atoms with E-state index in [-0.39, 0.29) is 0 Å². The third kappa shape index (κ3) is 2.06. The Morgan fingerprint density at radius 3 is 3.10 bits per heavy atom. The Hall–Kier alpha value is -1.95. The molecule has 0 aliphatic heterocycles. The molecule has 0 saturated heterocycles. The van der Waals surface area contributed by atoms with Crippen molar-refractivity contribution in [3.63, 3.8) is 0 Å². The number of aromatic nitrogens is 5. The number of aryl methyl sites for hydroxylation is 1. The molecule has 1 aliphatic rings. The minimum absolute atomic E-state index is 0.474. The molecular formula is C14H13N5S. The number of hydrogen-bond donors (Lipinski definition) is 0. The van der Waals surface area contributed by atoms with Crippen molar-refractivity contribution in [2.45, 2.75) is 29.5 Å². The fraction of sp³-hybridized carbons (Fsp3) is 0.286. The van der Waals surface area contributed by atoms with E-state index in [4.69, 9.17) is 0 Å². The van der Waals surface area contributed by atoms with Gasteiger partial charge in [0.1, 0.15) is 5.03 Å². The number of nitrogens with zero attached hydrogens (tertiary/aromatic N) is 5. The fourth-order valence-corrected chi connectivity index (χ4v) is 3.88. The Labute approximate surface area is 120 Å². The number of benzene rings is 1. The highest BCUT2D eigenvalue weighted by molar-refractivity contribution is 7.99. The van der Waals surface area contributed by atoms with Crippen LogP contribution in [0, 0.1) is 0 Å². The van der Waals surface area contributed by atoms with Gasteiger partial charge in [0.15, 0.2) is 5.65 Å². The van der Waals surface area contributed by atoms with E-state index in [0.717, 1.165) is 5.03 Å². The van der Waals surface area contributed by atoms with Gasteiger partial charge in [-0.05, 0) is 52.9 Å². The van der Waals surface area contributed by atoms with Crippen LogP contribution in [0.2, 0.25) is 0 Å². The molecular weight excluding hydrogens is 270 g/mol. The zero-order valence-corrected chi connectivity index (χ0v) is 11.6. The summed E-state index contributed by atoms with van der Waals surface area (Å²) in [5.74, 6) is 0. The molecule has 0 radical (unpaired) electrons. The van der Waals surface area contributed by atoms with Crippen molar-refractivity contribution in [3.8, 4) is 0 Å². The summed E-state index contributed by atoms with van der Waals surface area (Å²) in [7, 11) is 0. The van der Waals surface area contributed by atoms with Crippen molar-refractivity contribution >= 4 is 17.4 Å². The van der Waals surface area contributed by atoms with Gasteiger partial charge in [-0.25, -0.2) is 0 Å². The second-order valence-electron chi connectivity index (χ2n) is 4.90. The molecule has 0 bridgehead atoms. The number of fused-ring (bicyclic) bond motifs is 2.